The van der Waals surface area contributed by atoms with E-state index >= 15 is 0 Å². The molecule has 1 unspecified atom stereocenters. The Morgan fingerprint density at radius 2 is 1.87 bits per heavy atom. The van der Waals surface area contributed by atoms with Crippen LogP contribution in [0.25, 0.3) is 0 Å². The number of benzene rings is 1. The summed E-state index contributed by atoms with van der Waals surface area (Å²) in [6.45, 7) is 5.00. The third kappa shape index (κ3) is 3.91. The Morgan fingerprint density at radius 1 is 1.40 bits per heavy atom. The van der Waals surface area contributed by atoms with Crippen molar-refractivity contribution in [1.29, 1.82) is 0 Å². The largest absolute Gasteiger partial charge is 0.497 e. The zero-order chi connectivity index (χ0) is 11.8. The van der Waals surface area contributed by atoms with E-state index in [9.17, 15) is 4.79 Å². The van der Waals surface area contributed by atoms with Gasteiger partial charge in [0.1, 0.15) is 11.8 Å². The van der Waals surface area contributed by atoms with E-state index < -0.39 is 12.0 Å². The minimum Gasteiger partial charge on any atom is -0.497 e. The molecule has 82 valence electrons. The minimum absolute atomic E-state index is 0.563. The van der Waals surface area contributed by atoms with Crippen molar-refractivity contribution in [2.45, 2.75) is 13.0 Å². The first-order valence-electron chi connectivity index (χ1n) is 4.48. The van der Waals surface area contributed by atoms with Crippen molar-refractivity contribution in [3.8, 4) is 5.75 Å². The van der Waals surface area contributed by atoms with Crippen LogP contribution in [0.5, 0.6) is 5.75 Å². The standard InChI is InChI=1S/C9H11NO3.C2H5/c1-13-7-4-2-6(3-5-7)8(10)9(11)12;1-2/h2-5,8H,10H2,1H3,(H,11,12);1H2,2H3/q;+1. The number of nitrogens with two attached hydrogens (primary N) is 1. The van der Waals surface area contributed by atoms with Crippen molar-refractivity contribution in [1.82, 2.24) is 0 Å². The fraction of sp³-hybridized carbons (Fsp3) is 0.273. The van der Waals surface area contributed by atoms with Crippen molar-refractivity contribution in [3.05, 3.63) is 36.8 Å². The maximum Gasteiger partial charge on any atom is 0.325 e. The van der Waals surface area contributed by atoms with Gasteiger partial charge in [0.25, 0.3) is 0 Å². The van der Waals surface area contributed by atoms with E-state index in [-0.39, 0.29) is 0 Å². The lowest BCUT2D eigenvalue weighted by molar-refractivity contribution is -0.138. The summed E-state index contributed by atoms with van der Waals surface area (Å²) in [5, 5.41) is 8.61. The van der Waals surface area contributed by atoms with E-state index in [4.69, 9.17) is 15.6 Å². The van der Waals surface area contributed by atoms with Crippen LogP contribution in [-0.2, 0) is 4.79 Å². The van der Waals surface area contributed by atoms with Crippen LogP contribution in [0.2, 0.25) is 0 Å². The van der Waals surface area contributed by atoms with Gasteiger partial charge < -0.3 is 15.6 Å². The van der Waals surface area contributed by atoms with E-state index in [0.29, 0.717) is 11.3 Å². The summed E-state index contributed by atoms with van der Waals surface area (Å²) in [7, 11) is 1.55. The quantitative estimate of drug-likeness (QED) is 0.743. The van der Waals surface area contributed by atoms with Gasteiger partial charge in [0, 0.05) is 0 Å². The molecule has 0 bridgehead atoms. The number of carboxylic acid groups (broad SMARTS) is 1. The van der Waals surface area contributed by atoms with Gasteiger partial charge in [-0.2, -0.15) is 0 Å². The molecule has 1 aromatic rings. The number of carbonyl (C=O) groups is 1. The van der Waals surface area contributed by atoms with Crippen molar-refractivity contribution in [2.24, 2.45) is 5.73 Å². The van der Waals surface area contributed by atoms with Gasteiger partial charge >= 0.3 is 5.97 Å². The second-order valence-corrected chi connectivity index (χ2v) is 2.59. The summed E-state index contributed by atoms with van der Waals surface area (Å²) in [4.78, 5) is 10.5. The van der Waals surface area contributed by atoms with Gasteiger partial charge in [-0.05, 0) is 17.7 Å². The van der Waals surface area contributed by atoms with Gasteiger partial charge in [0.15, 0.2) is 0 Å². The molecule has 0 amide bonds. The molecule has 0 radical (unpaired) electrons. The fourth-order valence-corrected chi connectivity index (χ4v) is 0.954. The number of hydrogen-bond donors (Lipinski definition) is 2. The minimum atomic E-state index is -1.04. The van der Waals surface area contributed by atoms with E-state index in [1.54, 1.807) is 38.3 Å². The van der Waals surface area contributed by atoms with Crippen molar-refractivity contribution in [2.75, 3.05) is 7.11 Å². The average molecular weight is 210 g/mol. The Hall–Kier alpha value is -1.68. The molecule has 0 saturated carbocycles. The monoisotopic (exact) mass is 210 g/mol. The molecule has 0 aromatic heterocycles. The molecule has 0 spiro atoms. The molecule has 1 rings (SSSR count). The molecule has 0 aliphatic carbocycles. The third-order valence-corrected chi connectivity index (χ3v) is 1.74. The van der Waals surface area contributed by atoms with Gasteiger partial charge in [0.05, 0.1) is 21.0 Å². The Bertz CT molecular complexity index is 295. The highest BCUT2D eigenvalue weighted by atomic mass is 16.5. The molecule has 0 aliphatic rings. The molecule has 1 atom stereocenters. The highest BCUT2D eigenvalue weighted by molar-refractivity contribution is 5.75. The molecular weight excluding hydrogens is 194 g/mol. The van der Waals surface area contributed by atoms with E-state index in [2.05, 4.69) is 6.92 Å². The second-order valence-electron chi connectivity index (χ2n) is 2.59. The summed E-state index contributed by atoms with van der Waals surface area (Å²) >= 11 is 0. The maximum atomic E-state index is 10.5. The summed E-state index contributed by atoms with van der Waals surface area (Å²) < 4.78 is 4.92. The Morgan fingerprint density at radius 3 is 2.20 bits per heavy atom. The van der Waals surface area contributed by atoms with Gasteiger partial charge in [-0.25, -0.2) is 0 Å². The van der Waals surface area contributed by atoms with Crippen LogP contribution in [-0.4, -0.2) is 18.2 Å². The first-order chi connectivity index (χ1) is 7.15. The zero-order valence-electron chi connectivity index (χ0n) is 8.93. The Labute approximate surface area is 89.7 Å². The summed E-state index contributed by atoms with van der Waals surface area (Å²) in [6, 6.07) is 5.66. The zero-order valence-corrected chi connectivity index (χ0v) is 8.93. The van der Waals surface area contributed by atoms with Gasteiger partial charge in [-0.1, -0.05) is 12.1 Å². The molecule has 3 N–H and O–H groups in total. The van der Waals surface area contributed by atoms with Gasteiger partial charge in [0.2, 0.25) is 0 Å². The highest BCUT2D eigenvalue weighted by Gasteiger charge is 2.13. The van der Waals surface area contributed by atoms with Crippen LogP contribution in [0.4, 0.5) is 0 Å². The molecule has 1 aromatic carbocycles. The van der Waals surface area contributed by atoms with E-state index in [1.165, 1.54) is 0 Å². The fourth-order valence-electron chi connectivity index (χ4n) is 0.954. The number of methoxy groups -OCH3 is 1. The first kappa shape index (κ1) is 13.3. The third-order valence-electron chi connectivity index (χ3n) is 1.74. The van der Waals surface area contributed by atoms with Crippen LogP contribution in [0.1, 0.15) is 18.5 Å². The second kappa shape index (κ2) is 6.73. The van der Waals surface area contributed by atoms with Gasteiger partial charge in [-0.3, -0.25) is 4.79 Å². The van der Waals surface area contributed by atoms with Crippen molar-refractivity contribution >= 4 is 5.97 Å². The summed E-state index contributed by atoms with van der Waals surface area (Å²) in [6.07, 6.45) is 0. The molecule has 0 aliphatic heterocycles. The predicted molar refractivity (Wildman–Crippen MR) is 58.6 cm³/mol. The van der Waals surface area contributed by atoms with Crippen LogP contribution in [0.3, 0.4) is 0 Å². The molecule has 0 saturated heterocycles. The van der Waals surface area contributed by atoms with E-state index in [1.807, 2.05) is 0 Å². The maximum absolute atomic E-state index is 10.5. The molecule has 4 nitrogen and oxygen atoms in total. The lowest BCUT2D eigenvalue weighted by Crippen LogP contribution is -2.20. The molecule has 4 heteroatoms. The smallest absolute Gasteiger partial charge is 0.325 e. The SMILES string of the molecule is COc1ccc(C(N)C(=O)O)cc1.[CH2+]C. The lowest BCUT2D eigenvalue weighted by Gasteiger charge is -2.06. The number of aliphatic carboxylic acids is 1. The van der Waals surface area contributed by atoms with Crippen molar-refractivity contribution in [3.63, 3.8) is 0 Å². The highest BCUT2D eigenvalue weighted by Crippen LogP contribution is 2.15. The molecule has 0 heterocycles. The van der Waals surface area contributed by atoms with Crippen LogP contribution in [0, 0.1) is 6.92 Å². The van der Waals surface area contributed by atoms with Crippen LogP contribution in [0.15, 0.2) is 24.3 Å². The molecule has 15 heavy (non-hydrogen) atoms. The molecule has 0 fully saturated rings. The Kier molecular flexibility index (Phi) is 5.97. The molecular formula is C11H16NO3+. The normalized spacial score (nSPS) is 10.9. The van der Waals surface area contributed by atoms with Crippen LogP contribution < -0.4 is 10.5 Å². The van der Waals surface area contributed by atoms with Crippen molar-refractivity contribution < 1.29 is 14.6 Å². The summed E-state index contributed by atoms with van der Waals surface area (Å²) in [5.74, 6) is -0.355. The van der Waals surface area contributed by atoms with Crippen LogP contribution >= 0.6 is 0 Å². The Balaban J connectivity index is 0.000000921. The first-order valence-corrected chi connectivity index (χ1v) is 4.48. The number of rotatable bonds is 3. The summed E-state index contributed by atoms with van der Waals surface area (Å²) in [5.41, 5.74) is 5.95. The van der Waals surface area contributed by atoms with E-state index in [0.717, 1.165) is 0 Å². The van der Waals surface area contributed by atoms with Gasteiger partial charge in [-0.15, -0.1) is 0 Å². The topological polar surface area (TPSA) is 72.5 Å². The number of carboxylic acids is 1. The number of ether oxygens (including phenoxy) is 1. The lowest BCUT2D eigenvalue weighted by atomic mass is 10.1. The number of hydrogen-bond acceptors (Lipinski definition) is 3. The predicted octanol–water partition coefficient (Wildman–Crippen LogP) is 1.62. The average Bonchev–Trinajstić information content (AvgIpc) is 2.31.